The van der Waals surface area contributed by atoms with Crippen molar-refractivity contribution in [3.05, 3.63) is 11.6 Å². The third-order valence-corrected chi connectivity index (χ3v) is 4.34. The first kappa shape index (κ1) is 11.6. The number of hydrogen-bond acceptors (Lipinski definition) is 1. The lowest BCUT2D eigenvalue weighted by molar-refractivity contribution is -0.923. The van der Waals surface area contributed by atoms with Gasteiger partial charge in [-0.1, -0.05) is 5.57 Å². The van der Waals surface area contributed by atoms with E-state index in [1.54, 1.807) is 0 Å². The maximum absolute atomic E-state index is 11.2. The van der Waals surface area contributed by atoms with Crippen LogP contribution in [0.25, 0.3) is 0 Å². The molecule has 2 aliphatic rings. The van der Waals surface area contributed by atoms with E-state index in [4.69, 9.17) is 0 Å². The largest absolute Gasteiger partial charge is 0.481 e. The summed E-state index contributed by atoms with van der Waals surface area (Å²) in [4.78, 5) is 11.2. The van der Waals surface area contributed by atoms with Crippen LogP contribution in [0.5, 0.6) is 0 Å². The van der Waals surface area contributed by atoms with Crippen molar-refractivity contribution in [1.82, 2.24) is 0 Å². The lowest BCUT2D eigenvalue weighted by atomic mass is 9.98. The number of nitrogens with zero attached hydrogens (tertiary/aromatic N) is 1. The van der Waals surface area contributed by atoms with E-state index in [9.17, 15) is 9.90 Å². The molecule has 0 spiro atoms. The minimum absolute atomic E-state index is 0.0898. The van der Waals surface area contributed by atoms with Gasteiger partial charge in [-0.2, -0.15) is 0 Å². The summed E-state index contributed by atoms with van der Waals surface area (Å²) in [5.41, 5.74) is 1.34. The van der Waals surface area contributed by atoms with Gasteiger partial charge in [-0.3, -0.25) is 4.79 Å². The van der Waals surface area contributed by atoms with Crippen LogP contribution in [0.1, 0.15) is 33.1 Å². The van der Waals surface area contributed by atoms with Crippen LogP contribution in [0.4, 0.5) is 0 Å². The molecule has 1 unspecified atom stereocenters. The standard InChI is InChI=1S/C13H21NO2/c1-10(2)5-8-14-7-3-4-12(14)11(6-9-14)13(15)16/h5,11-12H,3-4,6-9H2,1-2H3/p+1/t11-,12+,14?/m0/s1. The Hall–Kier alpha value is -0.830. The zero-order valence-corrected chi connectivity index (χ0v) is 10.3. The molecule has 0 aromatic carbocycles. The van der Waals surface area contributed by atoms with Crippen LogP contribution in [0.15, 0.2) is 11.6 Å². The summed E-state index contributed by atoms with van der Waals surface area (Å²) in [7, 11) is 0. The van der Waals surface area contributed by atoms with Gasteiger partial charge in [-0.25, -0.2) is 0 Å². The Morgan fingerprint density at radius 3 is 2.75 bits per heavy atom. The summed E-state index contributed by atoms with van der Waals surface area (Å²) in [5, 5.41) is 9.23. The Morgan fingerprint density at radius 1 is 1.38 bits per heavy atom. The molecule has 3 nitrogen and oxygen atoms in total. The lowest BCUT2D eigenvalue weighted by Crippen LogP contribution is -2.49. The molecule has 0 amide bonds. The third-order valence-electron chi connectivity index (χ3n) is 4.34. The van der Waals surface area contributed by atoms with Crippen molar-refractivity contribution in [2.45, 2.75) is 39.2 Å². The number of carboxylic acids is 1. The van der Waals surface area contributed by atoms with E-state index in [0.717, 1.165) is 30.4 Å². The van der Waals surface area contributed by atoms with Crippen molar-refractivity contribution in [2.75, 3.05) is 19.6 Å². The maximum Gasteiger partial charge on any atom is 0.312 e. The molecular formula is C13H22NO2+. The highest BCUT2D eigenvalue weighted by molar-refractivity contribution is 5.71. The van der Waals surface area contributed by atoms with Crippen molar-refractivity contribution in [3.63, 3.8) is 0 Å². The van der Waals surface area contributed by atoms with Crippen molar-refractivity contribution in [2.24, 2.45) is 5.92 Å². The molecule has 16 heavy (non-hydrogen) atoms. The first-order valence-corrected chi connectivity index (χ1v) is 6.27. The second kappa shape index (κ2) is 4.21. The van der Waals surface area contributed by atoms with Crippen LogP contribution >= 0.6 is 0 Å². The van der Waals surface area contributed by atoms with Gasteiger partial charge in [-0.15, -0.1) is 0 Å². The normalized spacial score (nSPS) is 37.1. The predicted molar refractivity (Wildman–Crippen MR) is 63.1 cm³/mol. The fourth-order valence-corrected chi connectivity index (χ4v) is 3.47. The molecule has 0 aromatic rings. The first-order valence-electron chi connectivity index (χ1n) is 6.27. The van der Waals surface area contributed by atoms with Crippen molar-refractivity contribution in [1.29, 1.82) is 0 Å². The molecule has 90 valence electrons. The topological polar surface area (TPSA) is 37.3 Å². The molecule has 0 saturated carbocycles. The minimum atomic E-state index is -0.580. The number of rotatable bonds is 3. The predicted octanol–water partition coefficient (Wildman–Crippen LogP) is 2.04. The van der Waals surface area contributed by atoms with Crippen LogP contribution in [-0.2, 0) is 4.79 Å². The number of allylic oxidation sites excluding steroid dienone is 1. The Kier molecular flexibility index (Phi) is 3.06. The Bertz CT molecular complexity index is 320. The molecule has 0 radical (unpaired) electrons. The second-order valence-corrected chi connectivity index (χ2v) is 5.57. The van der Waals surface area contributed by atoms with Crippen molar-refractivity contribution >= 4 is 5.97 Å². The molecule has 2 fully saturated rings. The zero-order chi connectivity index (χ0) is 11.8. The average Bonchev–Trinajstić information content (AvgIpc) is 2.71. The molecule has 1 N–H and O–H groups in total. The van der Waals surface area contributed by atoms with Gasteiger partial charge in [0.1, 0.15) is 12.0 Å². The van der Waals surface area contributed by atoms with E-state index >= 15 is 0 Å². The van der Waals surface area contributed by atoms with Crippen molar-refractivity contribution < 1.29 is 14.4 Å². The van der Waals surface area contributed by atoms with Crippen LogP contribution in [0.3, 0.4) is 0 Å². The summed E-state index contributed by atoms with van der Waals surface area (Å²) >= 11 is 0. The summed E-state index contributed by atoms with van der Waals surface area (Å²) in [6.45, 7) is 7.52. The maximum atomic E-state index is 11.2. The molecule has 0 aliphatic carbocycles. The molecule has 0 bridgehead atoms. The van der Waals surface area contributed by atoms with E-state index in [1.807, 2.05) is 0 Å². The fourth-order valence-electron chi connectivity index (χ4n) is 3.47. The van der Waals surface area contributed by atoms with Crippen LogP contribution < -0.4 is 0 Å². The molecule has 0 aromatic heterocycles. The molecule has 2 heterocycles. The fraction of sp³-hybridized carbons (Fsp3) is 0.769. The van der Waals surface area contributed by atoms with Gasteiger partial charge in [0.15, 0.2) is 0 Å². The SMILES string of the molecule is CC(C)=CC[N+]12CCC[C@@H]1[C@@H](C(=O)O)CC2. The van der Waals surface area contributed by atoms with Crippen LogP contribution in [0.2, 0.25) is 0 Å². The van der Waals surface area contributed by atoms with Gasteiger partial charge < -0.3 is 9.59 Å². The minimum Gasteiger partial charge on any atom is -0.481 e. The smallest absolute Gasteiger partial charge is 0.312 e. The summed E-state index contributed by atoms with van der Waals surface area (Å²) in [6.07, 6.45) is 5.46. The highest BCUT2D eigenvalue weighted by Gasteiger charge is 2.53. The molecule has 2 rings (SSSR count). The number of hydrogen-bond donors (Lipinski definition) is 1. The Balaban J connectivity index is 2.15. The van der Waals surface area contributed by atoms with E-state index in [0.29, 0.717) is 6.04 Å². The average molecular weight is 224 g/mol. The van der Waals surface area contributed by atoms with E-state index in [2.05, 4.69) is 19.9 Å². The van der Waals surface area contributed by atoms with Crippen LogP contribution in [0, 0.1) is 5.92 Å². The quantitative estimate of drug-likeness (QED) is 0.588. The first-order chi connectivity index (χ1) is 7.55. The number of carboxylic acid groups (broad SMARTS) is 1. The van der Waals surface area contributed by atoms with E-state index in [-0.39, 0.29) is 5.92 Å². The summed E-state index contributed by atoms with van der Waals surface area (Å²) in [6, 6.07) is 0.382. The number of quaternary nitrogens is 1. The monoisotopic (exact) mass is 224 g/mol. The number of aliphatic carboxylic acids is 1. The van der Waals surface area contributed by atoms with Gasteiger partial charge in [0.25, 0.3) is 0 Å². The molecule has 2 saturated heterocycles. The highest BCUT2D eigenvalue weighted by atomic mass is 16.4. The van der Waals surface area contributed by atoms with Crippen LogP contribution in [-0.4, -0.2) is 41.2 Å². The molecule has 3 heteroatoms. The van der Waals surface area contributed by atoms with Gasteiger partial charge >= 0.3 is 5.97 Å². The van der Waals surface area contributed by atoms with E-state index < -0.39 is 5.97 Å². The highest BCUT2D eigenvalue weighted by Crippen LogP contribution is 2.40. The Labute approximate surface area is 97.3 Å². The third kappa shape index (κ3) is 1.88. The zero-order valence-electron chi connectivity index (χ0n) is 10.3. The van der Waals surface area contributed by atoms with Gasteiger partial charge in [0.2, 0.25) is 0 Å². The summed E-state index contributed by atoms with van der Waals surface area (Å²) < 4.78 is 1.04. The molecular weight excluding hydrogens is 202 g/mol. The Morgan fingerprint density at radius 2 is 2.12 bits per heavy atom. The van der Waals surface area contributed by atoms with Gasteiger partial charge in [0.05, 0.1) is 19.6 Å². The van der Waals surface area contributed by atoms with E-state index in [1.165, 1.54) is 18.5 Å². The summed E-state index contributed by atoms with van der Waals surface area (Å²) in [5.74, 6) is -0.669. The number of fused-ring (bicyclic) bond motifs is 1. The molecule has 2 aliphatic heterocycles. The van der Waals surface area contributed by atoms with Crippen molar-refractivity contribution in [3.8, 4) is 0 Å². The number of carbonyl (C=O) groups is 1. The van der Waals surface area contributed by atoms with Gasteiger partial charge in [-0.05, 0) is 19.9 Å². The van der Waals surface area contributed by atoms with Gasteiger partial charge in [0, 0.05) is 19.3 Å². The second-order valence-electron chi connectivity index (χ2n) is 5.57. The lowest BCUT2D eigenvalue weighted by Gasteiger charge is -2.34. The molecule has 3 atom stereocenters.